The molecule has 2 aromatic rings. The van der Waals surface area contributed by atoms with Gasteiger partial charge in [-0.3, -0.25) is 0 Å². The van der Waals surface area contributed by atoms with E-state index in [1.807, 2.05) is 5.32 Å². The molecule has 1 unspecified atom stereocenters. The Morgan fingerprint density at radius 3 is 2.28 bits per heavy atom. The summed E-state index contributed by atoms with van der Waals surface area (Å²) < 4.78 is 74.2. The molecule has 12 heteroatoms. The minimum atomic E-state index is -5.28. The summed E-state index contributed by atoms with van der Waals surface area (Å²) >= 11 is 5.85. The Morgan fingerprint density at radius 2 is 1.75 bits per heavy atom. The molecule has 0 spiro atoms. The maximum absolute atomic E-state index is 14.2. The van der Waals surface area contributed by atoms with Gasteiger partial charge in [-0.1, -0.05) is 11.6 Å². The molecule has 1 aromatic carbocycles. The van der Waals surface area contributed by atoms with Crippen LogP contribution in [0.4, 0.5) is 26.7 Å². The van der Waals surface area contributed by atoms with Crippen molar-refractivity contribution in [3.05, 3.63) is 52.4 Å². The van der Waals surface area contributed by atoms with Crippen LogP contribution >= 0.6 is 11.6 Å². The van der Waals surface area contributed by atoms with Crippen LogP contribution in [-0.4, -0.2) is 47.7 Å². The first-order valence-corrected chi connectivity index (χ1v) is 11.3. The molecule has 0 aliphatic rings. The summed E-state index contributed by atoms with van der Waals surface area (Å²) in [6.45, 7) is 5.67. The van der Waals surface area contributed by atoms with Crippen molar-refractivity contribution in [2.75, 3.05) is 19.8 Å². The van der Waals surface area contributed by atoms with Gasteiger partial charge in [0, 0.05) is 17.6 Å². The number of aromatic nitrogens is 1. The van der Waals surface area contributed by atoms with Gasteiger partial charge < -0.3 is 20.5 Å². The highest BCUT2D eigenvalue weighted by atomic mass is 35.5. The average Bonchev–Trinajstić information content (AvgIpc) is 2.75. The average molecular weight is 538 g/mol. The minimum absolute atomic E-state index is 0.0560. The number of alkyl carbamates (subject to hydrolysis) is 1. The Labute approximate surface area is 211 Å². The fraction of sp³-hybridized carbons (Fsp3) is 0.500. The van der Waals surface area contributed by atoms with E-state index in [4.69, 9.17) is 16.3 Å². The molecule has 0 bridgehead atoms. The second-order valence-electron chi connectivity index (χ2n) is 9.71. The third kappa shape index (κ3) is 7.27. The summed E-state index contributed by atoms with van der Waals surface area (Å²) in [5.41, 5.74) is -6.18. The summed E-state index contributed by atoms with van der Waals surface area (Å²) in [5, 5.41) is 15.4. The Balaban J connectivity index is 2.67. The van der Waals surface area contributed by atoms with E-state index in [1.165, 1.54) is 39.0 Å². The molecular formula is C24H29ClF5N3O3. The van der Waals surface area contributed by atoms with Crippen LogP contribution in [0.5, 0.6) is 0 Å². The lowest BCUT2D eigenvalue weighted by Crippen LogP contribution is -2.52. The van der Waals surface area contributed by atoms with E-state index < -0.39 is 53.7 Å². The van der Waals surface area contributed by atoms with E-state index in [9.17, 15) is 31.9 Å². The largest absolute Gasteiger partial charge is 0.444 e. The molecule has 1 atom stereocenters. The highest BCUT2D eigenvalue weighted by Gasteiger charge is 2.57. The topological polar surface area (TPSA) is 83.5 Å². The van der Waals surface area contributed by atoms with Gasteiger partial charge in [0.25, 0.3) is 0 Å². The molecule has 0 aliphatic carbocycles. The number of halogens is 6. The van der Waals surface area contributed by atoms with Gasteiger partial charge in [-0.2, -0.15) is 13.2 Å². The fourth-order valence-electron chi connectivity index (χ4n) is 3.22. The zero-order valence-corrected chi connectivity index (χ0v) is 21.2. The lowest BCUT2D eigenvalue weighted by Gasteiger charge is -2.33. The number of carbonyl (C=O) groups excluding carboxylic acids is 1. The summed E-state index contributed by atoms with van der Waals surface area (Å²) in [6.07, 6.45) is -6.45. The SMILES string of the molecule is CC(C)(C)OC(=O)NCC(O)(c1cc(C(C)(C)NCCF)cc(-c2ccc(F)c(Cl)c2)n1)C(F)(F)F. The van der Waals surface area contributed by atoms with E-state index in [-0.39, 0.29) is 28.4 Å². The number of ether oxygens (including phenoxy) is 1. The lowest BCUT2D eigenvalue weighted by molar-refractivity contribution is -0.265. The number of pyridine rings is 1. The molecule has 0 aliphatic heterocycles. The molecule has 3 N–H and O–H groups in total. The van der Waals surface area contributed by atoms with Gasteiger partial charge in [0.2, 0.25) is 5.60 Å². The first-order chi connectivity index (χ1) is 16.4. The first-order valence-electron chi connectivity index (χ1n) is 10.9. The van der Waals surface area contributed by atoms with Gasteiger partial charge in [-0.25, -0.2) is 18.6 Å². The van der Waals surface area contributed by atoms with E-state index in [0.29, 0.717) is 0 Å². The number of amides is 1. The van der Waals surface area contributed by atoms with Crippen molar-refractivity contribution in [1.82, 2.24) is 15.6 Å². The van der Waals surface area contributed by atoms with Crippen LogP contribution < -0.4 is 10.6 Å². The fourth-order valence-corrected chi connectivity index (χ4v) is 3.40. The van der Waals surface area contributed by atoms with Crippen molar-refractivity contribution in [3.63, 3.8) is 0 Å². The maximum Gasteiger partial charge on any atom is 0.424 e. The van der Waals surface area contributed by atoms with Crippen LogP contribution in [0.15, 0.2) is 30.3 Å². The minimum Gasteiger partial charge on any atom is -0.444 e. The van der Waals surface area contributed by atoms with Gasteiger partial charge in [0.05, 0.1) is 23.0 Å². The molecule has 2 rings (SSSR count). The molecule has 36 heavy (non-hydrogen) atoms. The Kier molecular flexibility index (Phi) is 8.97. The van der Waals surface area contributed by atoms with Crippen molar-refractivity contribution in [2.45, 2.75) is 57.5 Å². The number of aliphatic hydroxyl groups is 1. The molecule has 6 nitrogen and oxygen atoms in total. The number of benzene rings is 1. The Bertz CT molecular complexity index is 1090. The van der Waals surface area contributed by atoms with E-state index in [1.54, 1.807) is 13.8 Å². The molecule has 1 heterocycles. The molecule has 0 radical (unpaired) electrons. The number of carbonyl (C=O) groups is 1. The second kappa shape index (κ2) is 10.9. The predicted molar refractivity (Wildman–Crippen MR) is 126 cm³/mol. The molecular weight excluding hydrogens is 509 g/mol. The maximum atomic E-state index is 14.2. The van der Waals surface area contributed by atoms with E-state index >= 15 is 0 Å². The normalized spacial score (nSPS) is 14.3. The summed E-state index contributed by atoms with van der Waals surface area (Å²) in [7, 11) is 0. The van der Waals surface area contributed by atoms with Crippen LogP contribution in [0.25, 0.3) is 11.3 Å². The van der Waals surface area contributed by atoms with Crippen molar-refractivity contribution < 1.29 is 36.6 Å². The monoisotopic (exact) mass is 537 g/mol. The van der Waals surface area contributed by atoms with Crippen LogP contribution in [0.2, 0.25) is 5.02 Å². The van der Waals surface area contributed by atoms with Gasteiger partial charge in [0.1, 0.15) is 18.1 Å². The summed E-state index contributed by atoms with van der Waals surface area (Å²) in [6, 6.07) is 5.92. The number of hydrogen-bond acceptors (Lipinski definition) is 5. The number of nitrogens with zero attached hydrogens (tertiary/aromatic N) is 1. The van der Waals surface area contributed by atoms with Crippen molar-refractivity contribution in [3.8, 4) is 11.3 Å². The Hall–Kier alpha value is -2.50. The van der Waals surface area contributed by atoms with E-state index in [0.717, 1.165) is 12.1 Å². The van der Waals surface area contributed by atoms with Crippen LogP contribution in [0.1, 0.15) is 45.9 Å². The predicted octanol–water partition coefficient (Wildman–Crippen LogP) is 5.61. The highest BCUT2D eigenvalue weighted by Crippen LogP contribution is 2.40. The molecule has 0 fully saturated rings. The molecule has 0 saturated carbocycles. The quantitative estimate of drug-likeness (QED) is 0.381. The van der Waals surface area contributed by atoms with Crippen LogP contribution in [0, 0.1) is 5.82 Å². The zero-order valence-electron chi connectivity index (χ0n) is 20.5. The van der Waals surface area contributed by atoms with Crippen LogP contribution in [-0.2, 0) is 15.9 Å². The third-order valence-corrected chi connectivity index (χ3v) is 5.49. The Morgan fingerprint density at radius 1 is 1.11 bits per heavy atom. The zero-order chi connectivity index (χ0) is 27.5. The smallest absolute Gasteiger partial charge is 0.424 e. The third-order valence-electron chi connectivity index (χ3n) is 5.20. The van der Waals surface area contributed by atoms with Crippen molar-refractivity contribution in [2.24, 2.45) is 0 Å². The van der Waals surface area contributed by atoms with E-state index in [2.05, 4.69) is 10.3 Å². The molecule has 200 valence electrons. The number of alkyl halides is 4. The van der Waals surface area contributed by atoms with Gasteiger partial charge in [-0.15, -0.1) is 0 Å². The second-order valence-corrected chi connectivity index (χ2v) is 10.1. The highest BCUT2D eigenvalue weighted by molar-refractivity contribution is 6.31. The molecule has 1 aromatic heterocycles. The van der Waals surface area contributed by atoms with Crippen molar-refractivity contribution >= 4 is 17.7 Å². The molecule has 0 saturated heterocycles. The van der Waals surface area contributed by atoms with Crippen LogP contribution in [0.3, 0.4) is 0 Å². The first kappa shape index (κ1) is 29.7. The number of rotatable bonds is 8. The van der Waals surface area contributed by atoms with Gasteiger partial charge in [0.15, 0.2) is 0 Å². The summed E-state index contributed by atoms with van der Waals surface area (Å²) in [5.74, 6) is -0.741. The van der Waals surface area contributed by atoms with Crippen molar-refractivity contribution in [1.29, 1.82) is 0 Å². The number of hydrogen-bond donors (Lipinski definition) is 3. The van der Waals surface area contributed by atoms with Gasteiger partial charge >= 0.3 is 12.3 Å². The summed E-state index contributed by atoms with van der Waals surface area (Å²) in [4.78, 5) is 16.1. The number of nitrogens with one attached hydrogen (secondary N) is 2. The standard InChI is InChI=1S/C24H29ClF5N3O3/c1-21(2,3)36-20(34)31-13-23(35,24(28,29)30)19-12-15(22(4,5)32-9-8-26)11-18(33-19)14-6-7-17(27)16(25)10-14/h6-7,10-12,32,35H,8-9,13H2,1-5H3,(H,31,34). The van der Waals surface area contributed by atoms with Gasteiger partial charge in [-0.05, 0) is 70.5 Å². The molecule has 1 amide bonds. The lowest BCUT2D eigenvalue weighted by atomic mass is 9.88.